The smallest absolute Gasteiger partial charge is 0.340 e. The number of esters is 1. The number of rotatable bonds is 7. The highest BCUT2D eigenvalue weighted by atomic mass is 32.1. The first-order valence-corrected chi connectivity index (χ1v) is 7.15. The van der Waals surface area contributed by atoms with E-state index in [2.05, 4.69) is 11.9 Å². The third-order valence-corrected chi connectivity index (χ3v) is 3.04. The van der Waals surface area contributed by atoms with Crippen LogP contribution in [0.5, 0.6) is 0 Å². The number of anilines is 1. The Labute approximate surface area is 112 Å². The Morgan fingerprint density at radius 3 is 2.83 bits per heavy atom. The van der Waals surface area contributed by atoms with Crippen molar-refractivity contribution in [1.82, 2.24) is 4.98 Å². The van der Waals surface area contributed by atoms with Crippen LogP contribution in [0.4, 0.5) is 5.13 Å². The Balaban J connectivity index is 2.81. The molecule has 0 saturated carbocycles. The van der Waals surface area contributed by atoms with Crippen molar-refractivity contribution in [2.45, 2.75) is 39.5 Å². The molecule has 0 aliphatic rings. The average Bonchev–Trinajstić information content (AvgIpc) is 2.78. The SMILES string of the molecule is CCCC/C=C(/C(=O)OCCC)c1csc(N)n1. The molecular formula is C13H20N2O2S. The van der Waals surface area contributed by atoms with Crippen molar-refractivity contribution in [1.29, 1.82) is 0 Å². The Bertz CT molecular complexity index is 413. The number of unbranched alkanes of at least 4 members (excludes halogenated alkanes) is 2. The summed E-state index contributed by atoms with van der Waals surface area (Å²) in [4.78, 5) is 16.1. The lowest BCUT2D eigenvalue weighted by Gasteiger charge is -2.05. The number of hydrogen-bond donors (Lipinski definition) is 1. The molecule has 0 aromatic carbocycles. The Morgan fingerprint density at radius 2 is 2.28 bits per heavy atom. The van der Waals surface area contributed by atoms with Crippen LogP contribution in [-0.4, -0.2) is 17.6 Å². The number of hydrogen-bond acceptors (Lipinski definition) is 5. The molecule has 1 aromatic heterocycles. The lowest BCUT2D eigenvalue weighted by Crippen LogP contribution is -2.08. The Kier molecular flexibility index (Phi) is 6.43. The molecule has 0 unspecified atom stereocenters. The molecule has 0 aliphatic carbocycles. The summed E-state index contributed by atoms with van der Waals surface area (Å²) in [6, 6.07) is 0. The van der Waals surface area contributed by atoms with E-state index in [1.165, 1.54) is 11.3 Å². The molecule has 0 aliphatic heterocycles. The molecule has 100 valence electrons. The summed E-state index contributed by atoms with van der Waals surface area (Å²) in [7, 11) is 0. The molecule has 4 nitrogen and oxygen atoms in total. The number of nitrogens with zero attached hydrogens (tertiary/aromatic N) is 1. The molecule has 1 aromatic rings. The van der Waals surface area contributed by atoms with Gasteiger partial charge in [-0.25, -0.2) is 9.78 Å². The molecular weight excluding hydrogens is 248 g/mol. The van der Waals surface area contributed by atoms with Gasteiger partial charge < -0.3 is 10.5 Å². The first kappa shape index (κ1) is 14.7. The fraction of sp³-hybridized carbons (Fsp3) is 0.538. The predicted octanol–water partition coefficient (Wildman–Crippen LogP) is 3.25. The van der Waals surface area contributed by atoms with E-state index >= 15 is 0 Å². The molecule has 0 spiro atoms. The van der Waals surface area contributed by atoms with Crippen LogP contribution < -0.4 is 5.73 Å². The summed E-state index contributed by atoms with van der Waals surface area (Å²) >= 11 is 1.33. The molecule has 0 amide bonds. The van der Waals surface area contributed by atoms with Crippen molar-refractivity contribution in [3.8, 4) is 0 Å². The number of aromatic nitrogens is 1. The molecule has 0 bridgehead atoms. The van der Waals surface area contributed by atoms with Crippen LogP contribution >= 0.6 is 11.3 Å². The van der Waals surface area contributed by atoms with Crippen molar-refractivity contribution in [3.63, 3.8) is 0 Å². The number of ether oxygens (including phenoxy) is 1. The Morgan fingerprint density at radius 1 is 1.50 bits per heavy atom. The summed E-state index contributed by atoms with van der Waals surface area (Å²) in [5, 5.41) is 2.26. The van der Waals surface area contributed by atoms with Crippen molar-refractivity contribution >= 4 is 28.0 Å². The summed E-state index contributed by atoms with van der Waals surface area (Å²) in [6.07, 6.45) is 5.70. The first-order valence-electron chi connectivity index (χ1n) is 6.27. The van der Waals surface area contributed by atoms with Gasteiger partial charge in [-0.15, -0.1) is 11.3 Å². The maximum Gasteiger partial charge on any atom is 0.340 e. The monoisotopic (exact) mass is 268 g/mol. The highest BCUT2D eigenvalue weighted by Gasteiger charge is 2.15. The van der Waals surface area contributed by atoms with Gasteiger partial charge in [0.2, 0.25) is 0 Å². The standard InChI is InChI=1S/C13H20N2O2S/c1-3-5-6-7-10(12(16)17-8-4-2)11-9-18-13(14)15-11/h7,9H,3-6,8H2,1-2H3,(H2,14,15)/b10-7+. The maximum atomic E-state index is 11.9. The van der Waals surface area contributed by atoms with Crippen molar-refractivity contribution in [2.75, 3.05) is 12.3 Å². The highest BCUT2D eigenvalue weighted by Crippen LogP contribution is 2.21. The fourth-order valence-electron chi connectivity index (χ4n) is 1.43. The van der Waals surface area contributed by atoms with Gasteiger partial charge in [-0.3, -0.25) is 0 Å². The summed E-state index contributed by atoms with van der Waals surface area (Å²) in [5.74, 6) is -0.307. The van der Waals surface area contributed by atoms with E-state index in [9.17, 15) is 4.79 Å². The van der Waals surface area contributed by atoms with Crippen LogP contribution in [0.3, 0.4) is 0 Å². The third-order valence-electron chi connectivity index (χ3n) is 2.36. The average molecular weight is 268 g/mol. The molecule has 0 atom stereocenters. The van der Waals surface area contributed by atoms with Crippen LogP contribution in [0, 0.1) is 0 Å². The zero-order valence-electron chi connectivity index (χ0n) is 10.9. The van der Waals surface area contributed by atoms with Gasteiger partial charge in [-0.2, -0.15) is 0 Å². The molecule has 18 heavy (non-hydrogen) atoms. The quantitative estimate of drug-likeness (QED) is 0.468. The zero-order valence-corrected chi connectivity index (χ0v) is 11.8. The van der Waals surface area contributed by atoms with E-state index in [0.29, 0.717) is 23.0 Å². The minimum Gasteiger partial charge on any atom is -0.462 e. The molecule has 5 heteroatoms. The van der Waals surface area contributed by atoms with Gasteiger partial charge in [-0.05, 0) is 12.8 Å². The van der Waals surface area contributed by atoms with E-state index in [1.54, 1.807) is 5.38 Å². The zero-order chi connectivity index (χ0) is 13.4. The lowest BCUT2D eigenvalue weighted by molar-refractivity contribution is -0.136. The number of thiazole rings is 1. The van der Waals surface area contributed by atoms with E-state index < -0.39 is 0 Å². The van der Waals surface area contributed by atoms with Crippen molar-refractivity contribution < 1.29 is 9.53 Å². The van der Waals surface area contributed by atoms with Gasteiger partial charge in [0.15, 0.2) is 5.13 Å². The first-order chi connectivity index (χ1) is 8.69. The summed E-state index contributed by atoms with van der Waals surface area (Å²) < 4.78 is 5.16. The van der Waals surface area contributed by atoms with Crippen LogP contribution in [0.15, 0.2) is 11.5 Å². The summed E-state index contributed by atoms with van der Waals surface area (Å²) in [6.45, 7) is 4.52. The normalized spacial score (nSPS) is 11.6. The topological polar surface area (TPSA) is 65.2 Å². The van der Waals surface area contributed by atoms with Gasteiger partial charge in [0.25, 0.3) is 0 Å². The summed E-state index contributed by atoms with van der Waals surface area (Å²) in [5.41, 5.74) is 6.75. The number of carbonyl (C=O) groups excluding carboxylic acids is 1. The third kappa shape index (κ3) is 4.49. The van der Waals surface area contributed by atoms with Crippen LogP contribution in [0.1, 0.15) is 45.2 Å². The minimum atomic E-state index is -0.307. The van der Waals surface area contributed by atoms with Gasteiger partial charge in [0.05, 0.1) is 17.9 Å². The van der Waals surface area contributed by atoms with Crippen molar-refractivity contribution in [2.24, 2.45) is 0 Å². The molecule has 1 rings (SSSR count). The second-order valence-corrected chi connectivity index (χ2v) is 4.86. The molecule has 2 N–H and O–H groups in total. The van der Waals surface area contributed by atoms with E-state index in [-0.39, 0.29) is 5.97 Å². The molecule has 0 radical (unpaired) electrons. The Hall–Kier alpha value is -1.36. The van der Waals surface area contributed by atoms with E-state index in [4.69, 9.17) is 10.5 Å². The van der Waals surface area contributed by atoms with Crippen molar-refractivity contribution in [3.05, 3.63) is 17.2 Å². The molecule has 1 heterocycles. The van der Waals surface area contributed by atoms with Gasteiger partial charge in [0.1, 0.15) is 0 Å². The fourth-order valence-corrected chi connectivity index (χ4v) is 1.99. The minimum absolute atomic E-state index is 0.307. The number of carbonyl (C=O) groups is 1. The van der Waals surface area contributed by atoms with Crippen LogP contribution in [-0.2, 0) is 9.53 Å². The number of allylic oxidation sites excluding steroid dienone is 1. The largest absolute Gasteiger partial charge is 0.462 e. The molecule has 0 saturated heterocycles. The predicted molar refractivity (Wildman–Crippen MR) is 75.3 cm³/mol. The number of nitrogen functional groups attached to an aromatic ring is 1. The highest BCUT2D eigenvalue weighted by molar-refractivity contribution is 7.13. The van der Waals surface area contributed by atoms with E-state index in [0.717, 1.165) is 25.7 Å². The second-order valence-electron chi connectivity index (χ2n) is 3.97. The van der Waals surface area contributed by atoms with Gasteiger partial charge in [-0.1, -0.05) is 32.8 Å². The molecule has 0 fully saturated rings. The van der Waals surface area contributed by atoms with Crippen LogP contribution in [0.2, 0.25) is 0 Å². The van der Waals surface area contributed by atoms with Gasteiger partial charge >= 0.3 is 5.97 Å². The van der Waals surface area contributed by atoms with Gasteiger partial charge in [0, 0.05) is 5.38 Å². The lowest BCUT2D eigenvalue weighted by atomic mass is 10.1. The number of nitrogens with two attached hydrogens (primary N) is 1. The second kappa shape index (κ2) is 7.87. The van der Waals surface area contributed by atoms with E-state index in [1.807, 2.05) is 13.0 Å². The maximum absolute atomic E-state index is 11.9. The van der Waals surface area contributed by atoms with Crippen LogP contribution in [0.25, 0.3) is 5.57 Å².